The second-order valence-electron chi connectivity index (χ2n) is 5.52. The van der Waals surface area contributed by atoms with Crippen LogP contribution in [0.4, 0.5) is 11.4 Å². The van der Waals surface area contributed by atoms with Crippen LogP contribution < -0.4 is 10.0 Å². The first-order chi connectivity index (χ1) is 9.46. The molecule has 2 N–H and O–H groups in total. The van der Waals surface area contributed by atoms with Crippen LogP contribution in [0, 0.1) is 0 Å². The molecule has 0 aliphatic heterocycles. The summed E-state index contributed by atoms with van der Waals surface area (Å²) in [4.78, 5) is 11.8. The van der Waals surface area contributed by atoms with Gasteiger partial charge in [-0.15, -0.1) is 0 Å². The second-order valence-corrected chi connectivity index (χ2v) is 7.67. The lowest BCUT2D eigenvalue weighted by atomic mass is 10.2. The Kier molecular flexibility index (Phi) is 5.61. The van der Waals surface area contributed by atoms with Crippen LogP contribution in [0.25, 0.3) is 0 Å². The lowest BCUT2D eigenvalue weighted by molar-refractivity contribution is -0.125. The molecule has 0 heterocycles. The van der Waals surface area contributed by atoms with Crippen molar-refractivity contribution in [1.29, 1.82) is 0 Å². The van der Waals surface area contributed by atoms with Crippen LogP contribution in [0.3, 0.4) is 0 Å². The van der Waals surface area contributed by atoms with Crippen LogP contribution in [0.15, 0.2) is 18.2 Å². The molecule has 0 saturated carbocycles. The summed E-state index contributed by atoms with van der Waals surface area (Å²) in [5.41, 5.74) is 0.197. The van der Waals surface area contributed by atoms with Gasteiger partial charge in [-0.25, -0.2) is 8.42 Å². The first kappa shape index (κ1) is 17.7. The molecule has 0 aromatic heterocycles. The quantitative estimate of drug-likeness (QED) is 0.866. The molecule has 0 fully saturated rings. The number of hydrogen-bond donors (Lipinski definition) is 2. The number of ether oxygens (including phenoxy) is 1. The Hall–Kier alpha value is -1.31. The van der Waals surface area contributed by atoms with E-state index >= 15 is 0 Å². The summed E-state index contributed by atoms with van der Waals surface area (Å²) in [6.45, 7) is 5.39. The van der Waals surface area contributed by atoms with E-state index < -0.39 is 15.6 Å². The van der Waals surface area contributed by atoms with Gasteiger partial charge in [-0.2, -0.15) is 0 Å². The molecule has 0 radical (unpaired) electrons. The number of hydrogen-bond acceptors (Lipinski definition) is 4. The van der Waals surface area contributed by atoms with Gasteiger partial charge < -0.3 is 10.1 Å². The van der Waals surface area contributed by atoms with Crippen molar-refractivity contribution in [2.24, 2.45) is 0 Å². The Balaban J connectivity index is 2.78. The Labute approximate surface area is 129 Å². The third kappa shape index (κ3) is 7.31. The second kappa shape index (κ2) is 6.64. The van der Waals surface area contributed by atoms with Gasteiger partial charge in [0, 0.05) is 0 Å². The van der Waals surface area contributed by atoms with Crippen molar-refractivity contribution in [3.63, 3.8) is 0 Å². The molecule has 1 aromatic rings. The van der Waals surface area contributed by atoms with E-state index in [-0.39, 0.29) is 12.5 Å². The van der Waals surface area contributed by atoms with Gasteiger partial charge in [0.25, 0.3) is 0 Å². The van der Waals surface area contributed by atoms with Crippen LogP contribution in [0.1, 0.15) is 20.8 Å². The van der Waals surface area contributed by atoms with Gasteiger partial charge >= 0.3 is 0 Å². The fourth-order valence-electron chi connectivity index (χ4n) is 1.37. The summed E-state index contributed by atoms with van der Waals surface area (Å²) in [7, 11) is -3.40. The topological polar surface area (TPSA) is 84.5 Å². The predicted molar refractivity (Wildman–Crippen MR) is 84.3 cm³/mol. The maximum absolute atomic E-state index is 11.8. The van der Waals surface area contributed by atoms with Crippen molar-refractivity contribution in [3.8, 4) is 0 Å². The molecule has 0 saturated heterocycles. The highest BCUT2D eigenvalue weighted by Crippen LogP contribution is 2.26. The zero-order valence-corrected chi connectivity index (χ0v) is 13.9. The molecule has 1 rings (SSSR count). The zero-order valence-electron chi connectivity index (χ0n) is 12.4. The molecule has 0 bridgehead atoms. The molecule has 1 amide bonds. The highest BCUT2D eigenvalue weighted by atomic mass is 35.5. The SMILES string of the molecule is CC(C)(C)OCC(=O)Nc1cc(NS(C)(=O)=O)ccc1Cl. The summed E-state index contributed by atoms with van der Waals surface area (Å²) >= 11 is 5.97. The molecule has 0 atom stereocenters. The van der Waals surface area contributed by atoms with Gasteiger partial charge in [0.2, 0.25) is 15.9 Å². The van der Waals surface area contributed by atoms with Crippen molar-refractivity contribution < 1.29 is 17.9 Å². The van der Waals surface area contributed by atoms with Gasteiger partial charge in [0.05, 0.1) is 28.3 Å². The largest absolute Gasteiger partial charge is 0.366 e. The van der Waals surface area contributed by atoms with Crippen molar-refractivity contribution in [3.05, 3.63) is 23.2 Å². The van der Waals surface area contributed by atoms with Crippen LogP contribution >= 0.6 is 11.6 Å². The van der Waals surface area contributed by atoms with E-state index in [9.17, 15) is 13.2 Å². The molecule has 6 nitrogen and oxygen atoms in total. The smallest absolute Gasteiger partial charge is 0.250 e. The Morgan fingerprint density at radius 3 is 2.48 bits per heavy atom. The number of carbonyl (C=O) groups is 1. The number of carbonyl (C=O) groups excluding carboxylic acids is 1. The molecule has 0 spiro atoms. The normalized spacial score (nSPS) is 12.0. The van der Waals surface area contributed by atoms with Crippen LogP contribution in [0.2, 0.25) is 5.02 Å². The third-order valence-electron chi connectivity index (χ3n) is 2.18. The maximum atomic E-state index is 11.8. The number of amides is 1. The highest BCUT2D eigenvalue weighted by Gasteiger charge is 2.14. The summed E-state index contributed by atoms with van der Waals surface area (Å²) in [6, 6.07) is 4.44. The standard InChI is InChI=1S/C13H19ClN2O4S/c1-13(2,3)20-8-12(17)15-11-7-9(5-6-10(11)14)16-21(4,18)19/h5-7,16H,8H2,1-4H3,(H,15,17). The van der Waals surface area contributed by atoms with E-state index in [1.165, 1.54) is 18.2 Å². The predicted octanol–water partition coefficient (Wildman–Crippen LogP) is 2.47. The van der Waals surface area contributed by atoms with Gasteiger partial charge in [0.15, 0.2) is 0 Å². The number of nitrogens with one attached hydrogen (secondary N) is 2. The lowest BCUT2D eigenvalue weighted by Gasteiger charge is -2.19. The van der Waals surface area contributed by atoms with Crippen LogP contribution in [-0.2, 0) is 19.6 Å². The maximum Gasteiger partial charge on any atom is 0.250 e. The number of anilines is 2. The fraction of sp³-hybridized carbons (Fsp3) is 0.462. The van der Waals surface area contributed by atoms with Gasteiger partial charge in [0.1, 0.15) is 6.61 Å². The van der Waals surface area contributed by atoms with Crippen LogP contribution in [-0.4, -0.2) is 32.8 Å². The number of benzene rings is 1. The average molecular weight is 335 g/mol. The molecular weight excluding hydrogens is 316 g/mol. The van der Waals surface area contributed by atoms with Crippen molar-refractivity contribution >= 4 is 38.9 Å². The van der Waals surface area contributed by atoms with Gasteiger partial charge in [-0.1, -0.05) is 11.6 Å². The zero-order chi connectivity index (χ0) is 16.3. The summed E-state index contributed by atoms with van der Waals surface area (Å²) < 4.78 is 30.0. The van der Waals surface area contributed by atoms with Gasteiger partial charge in [-0.3, -0.25) is 9.52 Å². The highest BCUT2D eigenvalue weighted by molar-refractivity contribution is 7.92. The summed E-state index contributed by atoms with van der Waals surface area (Å²) in [5, 5.41) is 2.88. The molecular formula is C13H19ClN2O4S. The van der Waals surface area contributed by atoms with E-state index in [2.05, 4.69) is 10.0 Å². The monoisotopic (exact) mass is 334 g/mol. The minimum absolute atomic E-state index is 0.121. The minimum atomic E-state index is -3.40. The van der Waals surface area contributed by atoms with Crippen molar-refractivity contribution in [2.75, 3.05) is 22.9 Å². The third-order valence-corrected chi connectivity index (χ3v) is 3.12. The van der Waals surface area contributed by atoms with Gasteiger partial charge in [-0.05, 0) is 39.0 Å². The summed E-state index contributed by atoms with van der Waals surface area (Å²) in [5.74, 6) is -0.372. The molecule has 0 unspecified atom stereocenters. The molecule has 1 aromatic carbocycles. The Bertz CT molecular complexity index is 624. The molecule has 8 heteroatoms. The molecule has 0 aliphatic rings. The van der Waals surface area contributed by atoms with E-state index in [1.54, 1.807) is 0 Å². The number of rotatable bonds is 5. The van der Waals surface area contributed by atoms with Crippen LogP contribution in [0.5, 0.6) is 0 Å². The van der Waals surface area contributed by atoms with Crippen molar-refractivity contribution in [2.45, 2.75) is 26.4 Å². The average Bonchev–Trinajstić information content (AvgIpc) is 2.28. The molecule has 0 aliphatic carbocycles. The van der Waals surface area contributed by atoms with E-state index in [4.69, 9.17) is 16.3 Å². The van der Waals surface area contributed by atoms with E-state index in [1.807, 2.05) is 20.8 Å². The summed E-state index contributed by atoms with van der Waals surface area (Å²) in [6.07, 6.45) is 1.04. The van der Waals surface area contributed by atoms with Crippen molar-refractivity contribution in [1.82, 2.24) is 0 Å². The molecule has 21 heavy (non-hydrogen) atoms. The number of halogens is 1. The lowest BCUT2D eigenvalue weighted by Crippen LogP contribution is -2.27. The Morgan fingerprint density at radius 2 is 1.95 bits per heavy atom. The van der Waals surface area contributed by atoms with E-state index in [0.29, 0.717) is 16.4 Å². The first-order valence-electron chi connectivity index (χ1n) is 6.17. The van der Waals surface area contributed by atoms with E-state index in [0.717, 1.165) is 6.26 Å². The Morgan fingerprint density at radius 1 is 1.33 bits per heavy atom. The number of sulfonamides is 1. The first-order valence-corrected chi connectivity index (χ1v) is 8.44. The molecule has 118 valence electrons. The fourth-order valence-corrected chi connectivity index (χ4v) is 2.09. The minimum Gasteiger partial charge on any atom is -0.366 e.